The second kappa shape index (κ2) is 10.2. The van der Waals surface area contributed by atoms with Gasteiger partial charge in [-0.2, -0.15) is 18.3 Å². The molecule has 1 aliphatic heterocycles. The number of carbonyl (C=O) groups is 2. The molecule has 0 radical (unpaired) electrons. The summed E-state index contributed by atoms with van der Waals surface area (Å²) in [6.45, 7) is 1.89. The van der Waals surface area contributed by atoms with E-state index in [1.54, 1.807) is 24.3 Å². The Hall–Kier alpha value is -3.94. The highest BCUT2D eigenvalue weighted by Gasteiger charge is 2.51. The third-order valence-corrected chi connectivity index (χ3v) is 5.78. The third kappa shape index (κ3) is 6.07. The number of alkyl halides is 3. The lowest BCUT2D eigenvalue weighted by atomic mass is 10.00. The summed E-state index contributed by atoms with van der Waals surface area (Å²) < 4.78 is 63.5. The van der Waals surface area contributed by atoms with Crippen molar-refractivity contribution in [3.05, 3.63) is 65.8 Å². The predicted octanol–water partition coefficient (Wildman–Crippen LogP) is 3.19. The molecule has 198 valence electrons. The van der Waals surface area contributed by atoms with Gasteiger partial charge < -0.3 is 19.7 Å². The highest BCUT2D eigenvalue weighted by atomic mass is 19.4. The molecule has 0 spiro atoms. The maximum Gasteiger partial charge on any atom is 0.427 e. The van der Waals surface area contributed by atoms with E-state index in [-0.39, 0.29) is 31.0 Å². The Balaban J connectivity index is 1.49. The molecule has 2 aromatic rings. The molecule has 1 fully saturated rings. The van der Waals surface area contributed by atoms with Crippen molar-refractivity contribution < 1.29 is 36.6 Å². The molecule has 2 atom stereocenters. The number of allylic oxidation sites excluding steroid dienone is 1. The number of ether oxygens (including phenoxy) is 2. The van der Waals surface area contributed by atoms with E-state index in [1.165, 1.54) is 18.5 Å². The number of rotatable bonds is 6. The van der Waals surface area contributed by atoms with Gasteiger partial charge in [0.15, 0.2) is 0 Å². The SMILES string of the molecule is CC(C)(OC(=O)NC1=CCC2O[C@@H](CNC(=O)c3ncn[nH]3)CN(c3ccc(F)cc3)C2=C1)C(F)(F)F. The number of nitrogens with zero attached hydrogens (tertiary/aromatic N) is 3. The van der Waals surface area contributed by atoms with Crippen LogP contribution in [0, 0.1) is 5.82 Å². The van der Waals surface area contributed by atoms with Gasteiger partial charge in [0, 0.05) is 23.6 Å². The first kappa shape index (κ1) is 26.1. The molecule has 1 aliphatic carbocycles. The fraction of sp³-hybridized carbons (Fsp3) is 0.391. The molecular weight excluding hydrogens is 500 g/mol. The van der Waals surface area contributed by atoms with Gasteiger partial charge >= 0.3 is 12.3 Å². The molecule has 1 unspecified atom stereocenters. The number of aromatic nitrogens is 3. The Labute approximate surface area is 208 Å². The van der Waals surface area contributed by atoms with Gasteiger partial charge in [-0.15, -0.1) is 0 Å². The lowest BCUT2D eigenvalue weighted by Gasteiger charge is -2.42. The van der Waals surface area contributed by atoms with Gasteiger partial charge in [0.25, 0.3) is 5.91 Å². The van der Waals surface area contributed by atoms with Gasteiger partial charge in [0.1, 0.15) is 18.2 Å². The predicted molar refractivity (Wildman–Crippen MR) is 122 cm³/mol. The van der Waals surface area contributed by atoms with Gasteiger partial charge in [0.2, 0.25) is 11.4 Å². The van der Waals surface area contributed by atoms with Crippen LogP contribution < -0.4 is 15.5 Å². The molecule has 3 N–H and O–H groups in total. The molecule has 2 amide bonds. The first-order valence-corrected chi connectivity index (χ1v) is 11.2. The molecule has 10 nitrogen and oxygen atoms in total. The van der Waals surface area contributed by atoms with E-state index in [4.69, 9.17) is 4.74 Å². The van der Waals surface area contributed by atoms with Crippen LogP contribution in [-0.2, 0) is 9.47 Å². The van der Waals surface area contributed by atoms with E-state index >= 15 is 0 Å². The van der Waals surface area contributed by atoms with Crippen molar-refractivity contribution in [2.45, 2.75) is 44.3 Å². The molecule has 1 aromatic heterocycles. The van der Waals surface area contributed by atoms with Crippen LogP contribution in [0.2, 0.25) is 0 Å². The fourth-order valence-electron chi connectivity index (χ4n) is 3.74. The zero-order valence-corrected chi connectivity index (χ0v) is 19.8. The van der Waals surface area contributed by atoms with Crippen LogP contribution in [0.15, 0.2) is 54.1 Å². The van der Waals surface area contributed by atoms with E-state index in [9.17, 15) is 27.2 Å². The zero-order chi connectivity index (χ0) is 26.8. The Morgan fingerprint density at radius 3 is 2.62 bits per heavy atom. The smallest absolute Gasteiger partial charge is 0.427 e. The van der Waals surface area contributed by atoms with Crippen molar-refractivity contribution in [1.82, 2.24) is 25.8 Å². The lowest BCUT2D eigenvalue weighted by Crippen LogP contribution is -2.51. The summed E-state index contributed by atoms with van der Waals surface area (Å²) in [5.74, 6) is -0.853. The normalized spacial score (nSPS) is 19.9. The van der Waals surface area contributed by atoms with E-state index < -0.39 is 41.8 Å². The van der Waals surface area contributed by atoms with E-state index in [1.807, 2.05) is 4.90 Å². The molecule has 2 heterocycles. The molecule has 0 bridgehead atoms. The number of fused-ring (bicyclic) bond motifs is 1. The average molecular weight is 524 g/mol. The van der Waals surface area contributed by atoms with Crippen molar-refractivity contribution in [2.24, 2.45) is 0 Å². The molecule has 1 saturated heterocycles. The Morgan fingerprint density at radius 2 is 1.97 bits per heavy atom. The monoisotopic (exact) mass is 524 g/mol. The van der Waals surface area contributed by atoms with Crippen LogP contribution in [0.25, 0.3) is 0 Å². The molecule has 4 rings (SSSR count). The number of carbonyl (C=O) groups excluding carboxylic acids is 2. The minimum absolute atomic E-state index is 0.0451. The molecular formula is C23H24F4N6O4. The highest BCUT2D eigenvalue weighted by molar-refractivity contribution is 5.90. The number of anilines is 1. The number of halogens is 4. The van der Waals surface area contributed by atoms with Gasteiger partial charge in [-0.05, 0) is 50.6 Å². The van der Waals surface area contributed by atoms with Crippen molar-refractivity contribution in [3.8, 4) is 0 Å². The Bertz CT molecular complexity index is 1190. The molecule has 1 aromatic carbocycles. The van der Waals surface area contributed by atoms with Crippen LogP contribution in [0.4, 0.5) is 28.0 Å². The van der Waals surface area contributed by atoms with Crippen LogP contribution >= 0.6 is 0 Å². The lowest BCUT2D eigenvalue weighted by molar-refractivity contribution is -0.243. The van der Waals surface area contributed by atoms with Crippen molar-refractivity contribution in [3.63, 3.8) is 0 Å². The van der Waals surface area contributed by atoms with Gasteiger partial charge in [-0.3, -0.25) is 15.2 Å². The van der Waals surface area contributed by atoms with E-state index in [2.05, 4.69) is 30.6 Å². The maximum absolute atomic E-state index is 13.6. The second-order valence-electron chi connectivity index (χ2n) is 8.86. The van der Waals surface area contributed by atoms with Crippen LogP contribution in [0.5, 0.6) is 0 Å². The topological polar surface area (TPSA) is 121 Å². The molecule has 2 aliphatic rings. The summed E-state index contributed by atoms with van der Waals surface area (Å²) >= 11 is 0. The van der Waals surface area contributed by atoms with Gasteiger partial charge in [-0.25, -0.2) is 14.2 Å². The molecule has 37 heavy (non-hydrogen) atoms. The highest BCUT2D eigenvalue weighted by Crippen LogP contribution is 2.34. The van der Waals surface area contributed by atoms with E-state index in [0.29, 0.717) is 11.4 Å². The van der Waals surface area contributed by atoms with E-state index in [0.717, 1.165) is 13.8 Å². The summed E-state index contributed by atoms with van der Waals surface area (Å²) in [6.07, 6.45) is -2.35. The zero-order valence-electron chi connectivity index (χ0n) is 19.8. The van der Waals surface area contributed by atoms with Crippen molar-refractivity contribution in [2.75, 3.05) is 18.0 Å². The summed E-state index contributed by atoms with van der Waals surface area (Å²) in [4.78, 5) is 30.0. The first-order valence-electron chi connectivity index (χ1n) is 11.2. The first-order chi connectivity index (χ1) is 17.4. The number of amides is 2. The van der Waals surface area contributed by atoms with Gasteiger partial charge in [-0.1, -0.05) is 6.08 Å². The Kier molecular flexibility index (Phi) is 7.21. The van der Waals surface area contributed by atoms with Crippen LogP contribution in [0.3, 0.4) is 0 Å². The maximum atomic E-state index is 13.6. The largest absolute Gasteiger partial charge is 0.434 e. The summed E-state index contributed by atoms with van der Waals surface area (Å²) in [5, 5.41) is 11.2. The number of alkyl carbamates (subject to hydrolysis) is 1. The molecule has 14 heteroatoms. The van der Waals surface area contributed by atoms with Crippen LogP contribution in [-0.4, -0.2) is 64.3 Å². The fourth-order valence-corrected chi connectivity index (χ4v) is 3.74. The number of aromatic amines is 1. The minimum atomic E-state index is -4.75. The second-order valence-corrected chi connectivity index (χ2v) is 8.86. The number of nitrogens with one attached hydrogen (secondary N) is 3. The number of benzene rings is 1. The standard InChI is InChI=1S/C23H24F4N6O4/c1-22(2,23(25,26)27)37-21(35)31-14-5-8-18-17(9-14)33(15-6-3-13(24)4-7-15)11-16(36-18)10-28-20(34)19-29-12-30-32-19/h3-7,9,12,16,18H,8,10-11H2,1-2H3,(H,28,34)(H,31,35)(H,29,30,32)/t16-,18?/m0/s1. The molecule has 0 saturated carbocycles. The summed E-state index contributed by atoms with van der Waals surface area (Å²) in [6, 6.07) is 5.70. The van der Waals surface area contributed by atoms with Gasteiger partial charge in [0.05, 0.1) is 12.6 Å². The number of morpholine rings is 1. The number of hydrogen-bond acceptors (Lipinski definition) is 7. The Morgan fingerprint density at radius 1 is 1.24 bits per heavy atom. The number of H-pyrrole nitrogens is 1. The van der Waals surface area contributed by atoms with Crippen LogP contribution in [0.1, 0.15) is 30.9 Å². The minimum Gasteiger partial charge on any atom is -0.434 e. The summed E-state index contributed by atoms with van der Waals surface area (Å²) in [7, 11) is 0. The number of hydrogen-bond donors (Lipinski definition) is 3. The third-order valence-electron chi connectivity index (χ3n) is 5.78. The quantitative estimate of drug-likeness (QED) is 0.497. The average Bonchev–Trinajstić information content (AvgIpc) is 3.37. The summed E-state index contributed by atoms with van der Waals surface area (Å²) in [5.41, 5.74) is -1.24. The van der Waals surface area contributed by atoms with Crippen molar-refractivity contribution >= 4 is 17.7 Å². The van der Waals surface area contributed by atoms with Crippen molar-refractivity contribution in [1.29, 1.82) is 0 Å².